The number of nitrogens with two attached hydrogens (primary N) is 1. The summed E-state index contributed by atoms with van der Waals surface area (Å²) in [4.78, 5) is 0. The van der Waals surface area contributed by atoms with Crippen LogP contribution in [0.15, 0.2) is 24.3 Å². The van der Waals surface area contributed by atoms with Gasteiger partial charge < -0.3 is 5.73 Å². The van der Waals surface area contributed by atoms with E-state index in [1.807, 2.05) is 31.2 Å². The molecule has 2 aromatic rings. The Labute approximate surface area is 123 Å². The second-order valence-electron chi connectivity index (χ2n) is 4.82. The van der Waals surface area contributed by atoms with Crippen LogP contribution >= 0.6 is 11.6 Å². The predicted molar refractivity (Wildman–Crippen MR) is 80.6 cm³/mol. The fourth-order valence-electron chi connectivity index (χ4n) is 2.05. The van der Waals surface area contributed by atoms with E-state index in [0.717, 1.165) is 12.0 Å². The Morgan fingerprint density at radius 2 is 2.05 bits per heavy atom. The molecule has 0 aliphatic heterocycles. The van der Waals surface area contributed by atoms with E-state index in [0.29, 0.717) is 28.5 Å². The zero-order valence-corrected chi connectivity index (χ0v) is 12.4. The third kappa shape index (κ3) is 2.78. The zero-order chi connectivity index (χ0) is 14.7. The molecule has 0 fully saturated rings. The Morgan fingerprint density at radius 1 is 1.40 bits per heavy atom. The number of anilines is 1. The summed E-state index contributed by atoms with van der Waals surface area (Å²) in [7, 11) is 0. The van der Waals surface area contributed by atoms with E-state index in [1.165, 1.54) is 0 Å². The fourth-order valence-corrected chi connectivity index (χ4v) is 2.17. The predicted octanol–water partition coefficient (Wildman–Crippen LogP) is 3.55. The Kier molecular flexibility index (Phi) is 4.31. The highest BCUT2D eigenvalue weighted by atomic mass is 35.5. The minimum absolute atomic E-state index is 0.182. The topological polar surface area (TPSA) is 67.6 Å². The van der Waals surface area contributed by atoms with Crippen molar-refractivity contribution in [3.8, 4) is 6.07 Å². The maximum atomic E-state index is 9.28. The molecule has 0 aliphatic carbocycles. The lowest BCUT2D eigenvalue weighted by Crippen LogP contribution is -2.09. The quantitative estimate of drug-likeness (QED) is 0.935. The van der Waals surface area contributed by atoms with Crippen LogP contribution in [0.5, 0.6) is 0 Å². The molecule has 2 rings (SSSR count). The summed E-state index contributed by atoms with van der Waals surface area (Å²) in [5, 5.41) is 14.5. The molecule has 0 bridgehead atoms. The number of aromatic nitrogens is 2. The van der Waals surface area contributed by atoms with E-state index in [-0.39, 0.29) is 6.04 Å². The van der Waals surface area contributed by atoms with Gasteiger partial charge in [0.25, 0.3) is 0 Å². The third-order valence-electron chi connectivity index (χ3n) is 3.42. The smallest absolute Gasteiger partial charge is 0.140 e. The summed E-state index contributed by atoms with van der Waals surface area (Å²) >= 11 is 5.87. The number of benzene rings is 1. The highest BCUT2D eigenvalue weighted by Gasteiger charge is 2.18. The number of rotatable bonds is 4. The molecule has 0 amide bonds. The second-order valence-corrected chi connectivity index (χ2v) is 5.26. The molecule has 1 atom stereocenters. The molecule has 0 saturated carbocycles. The maximum absolute atomic E-state index is 9.28. The summed E-state index contributed by atoms with van der Waals surface area (Å²) < 4.78 is 1.74. The minimum atomic E-state index is 0.182. The van der Waals surface area contributed by atoms with Crippen molar-refractivity contribution in [2.45, 2.75) is 32.7 Å². The first-order valence-electron chi connectivity index (χ1n) is 6.58. The van der Waals surface area contributed by atoms with Crippen molar-refractivity contribution >= 4 is 17.4 Å². The molecular weight excluding hydrogens is 272 g/mol. The minimum Gasteiger partial charge on any atom is -0.383 e. The van der Waals surface area contributed by atoms with Crippen LogP contribution in [0, 0.1) is 11.3 Å². The number of hydrogen-bond acceptors (Lipinski definition) is 3. The number of nitriles is 1. The van der Waals surface area contributed by atoms with E-state index >= 15 is 0 Å². The number of halogens is 1. The van der Waals surface area contributed by atoms with Crippen molar-refractivity contribution in [3.63, 3.8) is 0 Å². The summed E-state index contributed by atoms with van der Waals surface area (Å²) in [6, 6.07) is 9.87. The molecule has 0 aliphatic rings. The number of nitrogen functional groups attached to an aromatic ring is 1. The average molecular weight is 289 g/mol. The number of hydrogen-bond donors (Lipinski definition) is 1. The lowest BCUT2D eigenvalue weighted by molar-refractivity contribution is 0.481. The van der Waals surface area contributed by atoms with Crippen molar-refractivity contribution in [1.29, 1.82) is 5.26 Å². The van der Waals surface area contributed by atoms with Crippen LogP contribution in [0.1, 0.15) is 43.1 Å². The molecule has 1 heterocycles. The first-order valence-corrected chi connectivity index (χ1v) is 6.96. The molecule has 20 heavy (non-hydrogen) atoms. The molecule has 0 spiro atoms. The van der Waals surface area contributed by atoms with Crippen LogP contribution in [0.25, 0.3) is 0 Å². The molecule has 1 aromatic heterocycles. The largest absolute Gasteiger partial charge is 0.383 e. The maximum Gasteiger partial charge on any atom is 0.140 e. The van der Waals surface area contributed by atoms with Crippen LogP contribution in [-0.4, -0.2) is 9.78 Å². The zero-order valence-electron chi connectivity index (χ0n) is 11.6. The van der Waals surface area contributed by atoms with Crippen LogP contribution in [-0.2, 0) is 6.42 Å². The van der Waals surface area contributed by atoms with Gasteiger partial charge in [0.05, 0.1) is 11.7 Å². The van der Waals surface area contributed by atoms with Crippen molar-refractivity contribution in [1.82, 2.24) is 9.78 Å². The average Bonchev–Trinajstić information content (AvgIpc) is 2.76. The summed E-state index contributed by atoms with van der Waals surface area (Å²) in [6.45, 7) is 4.10. The van der Waals surface area contributed by atoms with Gasteiger partial charge in [0, 0.05) is 11.4 Å². The van der Waals surface area contributed by atoms with Gasteiger partial charge in [0.2, 0.25) is 0 Å². The van der Waals surface area contributed by atoms with Gasteiger partial charge in [0.15, 0.2) is 0 Å². The Balaban J connectivity index is 2.36. The molecule has 0 radical (unpaired) electrons. The summed E-state index contributed by atoms with van der Waals surface area (Å²) in [5.41, 5.74) is 8.27. The Hall–Kier alpha value is -1.99. The molecule has 104 valence electrons. The van der Waals surface area contributed by atoms with Gasteiger partial charge in [-0.2, -0.15) is 10.4 Å². The van der Waals surface area contributed by atoms with Crippen LogP contribution < -0.4 is 5.73 Å². The number of nitrogens with zero attached hydrogens (tertiary/aromatic N) is 3. The highest BCUT2D eigenvalue weighted by molar-refractivity contribution is 6.30. The van der Waals surface area contributed by atoms with E-state index in [4.69, 9.17) is 17.3 Å². The molecule has 4 nitrogen and oxygen atoms in total. The van der Waals surface area contributed by atoms with Gasteiger partial charge in [-0.3, -0.25) is 0 Å². The Bertz CT molecular complexity index is 637. The van der Waals surface area contributed by atoms with Gasteiger partial charge in [-0.05, 0) is 31.0 Å². The fraction of sp³-hybridized carbons (Fsp3) is 0.333. The van der Waals surface area contributed by atoms with Crippen molar-refractivity contribution in [3.05, 3.63) is 46.1 Å². The lowest BCUT2D eigenvalue weighted by Gasteiger charge is -2.10. The first kappa shape index (κ1) is 14.4. The molecular formula is C15H17ClN4. The van der Waals surface area contributed by atoms with Crippen molar-refractivity contribution < 1.29 is 0 Å². The SMILES string of the molecule is CCC(C)n1nc(Cc2ccc(Cl)cc2)c(C#N)c1N. The third-order valence-corrected chi connectivity index (χ3v) is 3.68. The molecule has 1 unspecified atom stereocenters. The van der Waals surface area contributed by atoms with E-state index < -0.39 is 0 Å². The van der Waals surface area contributed by atoms with Crippen molar-refractivity contribution in [2.24, 2.45) is 0 Å². The molecule has 5 heteroatoms. The van der Waals surface area contributed by atoms with Crippen molar-refractivity contribution in [2.75, 3.05) is 5.73 Å². The van der Waals surface area contributed by atoms with Crippen LogP contribution in [0.2, 0.25) is 5.02 Å². The van der Waals surface area contributed by atoms with Gasteiger partial charge in [-0.15, -0.1) is 0 Å². The summed E-state index contributed by atoms with van der Waals surface area (Å²) in [6.07, 6.45) is 1.49. The van der Waals surface area contributed by atoms with E-state index in [2.05, 4.69) is 18.1 Å². The van der Waals surface area contributed by atoms with Gasteiger partial charge >= 0.3 is 0 Å². The lowest BCUT2D eigenvalue weighted by atomic mass is 10.1. The molecule has 0 saturated heterocycles. The van der Waals surface area contributed by atoms with Gasteiger partial charge in [-0.25, -0.2) is 4.68 Å². The second kappa shape index (κ2) is 5.98. The Morgan fingerprint density at radius 3 is 2.60 bits per heavy atom. The highest BCUT2D eigenvalue weighted by Crippen LogP contribution is 2.24. The van der Waals surface area contributed by atoms with Crippen LogP contribution in [0.3, 0.4) is 0 Å². The normalized spacial score (nSPS) is 12.1. The van der Waals surface area contributed by atoms with Gasteiger partial charge in [0.1, 0.15) is 17.5 Å². The van der Waals surface area contributed by atoms with E-state index in [9.17, 15) is 5.26 Å². The van der Waals surface area contributed by atoms with Crippen LogP contribution in [0.4, 0.5) is 5.82 Å². The first-order chi connectivity index (χ1) is 9.56. The monoisotopic (exact) mass is 288 g/mol. The molecule has 2 N–H and O–H groups in total. The summed E-state index contributed by atoms with van der Waals surface area (Å²) in [5.74, 6) is 0.450. The molecule has 1 aromatic carbocycles. The van der Waals surface area contributed by atoms with Gasteiger partial charge in [-0.1, -0.05) is 30.7 Å². The van der Waals surface area contributed by atoms with E-state index in [1.54, 1.807) is 4.68 Å². The standard InChI is InChI=1S/C15H17ClN4/c1-3-10(2)20-15(18)13(9-17)14(19-20)8-11-4-6-12(16)7-5-11/h4-7,10H,3,8,18H2,1-2H3.